The van der Waals surface area contributed by atoms with Gasteiger partial charge in [-0.2, -0.15) is 0 Å². The molecule has 0 spiro atoms. The number of rotatable bonds is 20. The van der Waals surface area contributed by atoms with Gasteiger partial charge in [-0.15, -0.1) is 0 Å². The summed E-state index contributed by atoms with van der Waals surface area (Å²) in [5.41, 5.74) is 0. The molecule has 0 heterocycles. The van der Waals surface area contributed by atoms with E-state index in [2.05, 4.69) is 16.3 Å². The zero-order chi connectivity index (χ0) is 21.1. The molecule has 0 amide bonds. The number of ether oxygens (including phenoxy) is 1. The molecule has 0 aromatic heterocycles. The number of carbonyl (C=O) groups is 1. The minimum absolute atomic E-state index is 0.201. The third-order valence-electron chi connectivity index (χ3n) is 4.54. The Bertz CT molecular complexity index is 417. The first-order valence-corrected chi connectivity index (χ1v) is 12.1. The van der Waals surface area contributed by atoms with Crippen LogP contribution in [0.1, 0.15) is 96.8 Å². The summed E-state index contributed by atoms with van der Waals surface area (Å²) >= 11 is 0. The molecule has 0 aliphatic carbocycles. The van der Waals surface area contributed by atoms with E-state index in [4.69, 9.17) is 20.4 Å². The highest BCUT2D eigenvalue weighted by Gasteiger charge is 2.19. The van der Waals surface area contributed by atoms with E-state index in [9.17, 15) is 9.36 Å². The molecular weight excluding hydrogens is 385 g/mol. The average Bonchev–Trinajstić information content (AvgIpc) is 2.64. The minimum atomic E-state index is -4.60. The van der Waals surface area contributed by atoms with Gasteiger partial charge in [0, 0.05) is 6.42 Å². The third-order valence-corrected chi connectivity index (χ3v) is 5.02. The van der Waals surface area contributed by atoms with Crippen LogP contribution in [-0.4, -0.2) is 35.1 Å². The summed E-state index contributed by atoms with van der Waals surface area (Å²) in [6.07, 6.45) is 15.5. The molecule has 0 aliphatic rings. The molecule has 28 heavy (non-hydrogen) atoms. The molecule has 0 rings (SSSR count). The number of hydrogen-bond acceptors (Lipinski definition) is 6. The Morgan fingerprint density at radius 2 is 1.32 bits per heavy atom. The van der Waals surface area contributed by atoms with Gasteiger partial charge in [-0.3, -0.25) is 14.2 Å². The highest BCUT2D eigenvalue weighted by molar-refractivity contribution is 7.46. The molecule has 0 saturated carbocycles. The van der Waals surface area contributed by atoms with Crippen molar-refractivity contribution in [3.05, 3.63) is 0 Å². The summed E-state index contributed by atoms with van der Waals surface area (Å²) in [6, 6.07) is 0. The molecule has 0 radical (unpaired) electrons. The number of carbonyl (C=O) groups excluding carboxylic acids is 1. The van der Waals surface area contributed by atoms with E-state index in [1.54, 1.807) is 0 Å². The molecule has 4 N–H and O–H groups in total. The van der Waals surface area contributed by atoms with Crippen LogP contribution in [0.15, 0.2) is 0 Å². The molecule has 1 atom stereocenters. The molecule has 0 fully saturated rings. The lowest BCUT2D eigenvalue weighted by molar-refractivity contribution is -0.149. The van der Waals surface area contributed by atoms with E-state index < -0.39 is 20.5 Å². The van der Waals surface area contributed by atoms with Gasteiger partial charge in [0.2, 0.25) is 0 Å². The zero-order valence-corrected chi connectivity index (χ0v) is 18.2. The summed E-state index contributed by atoms with van der Waals surface area (Å²) in [5.74, 6) is 4.62. The predicted molar refractivity (Wildman–Crippen MR) is 108 cm³/mol. The van der Waals surface area contributed by atoms with Crippen LogP contribution in [0.25, 0.3) is 0 Å². The van der Waals surface area contributed by atoms with Crippen LogP contribution in [0, 0.1) is 0 Å². The van der Waals surface area contributed by atoms with Crippen molar-refractivity contribution in [3.8, 4) is 0 Å². The SMILES string of the molecule is CCCCCCCCCCCCCCCC(=O)OC[C@H](COP(=O)(O)O)ON. The van der Waals surface area contributed by atoms with Crippen molar-refractivity contribution in [2.24, 2.45) is 5.90 Å². The predicted octanol–water partition coefficient (Wildman–Crippen LogP) is 4.38. The Morgan fingerprint density at radius 1 is 0.857 bits per heavy atom. The lowest BCUT2D eigenvalue weighted by Gasteiger charge is -2.15. The standard InChI is InChI=1S/C19H40NO7P/c1-2-3-4-5-6-7-8-9-10-11-12-13-14-15-19(21)25-16-18(27-20)17-26-28(22,23)24/h18H,2-17,20H2,1H3,(H2,22,23,24)/t18-/m1/s1. The molecule has 0 saturated heterocycles. The van der Waals surface area contributed by atoms with Gasteiger partial charge in [0.15, 0.2) is 0 Å². The van der Waals surface area contributed by atoms with E-state index in [0.717, 1.165) is 19.3 Å². The van der Waals surface area contributed by atoms with Gasteiger partial charge in [-0.1, -0.05) is 84.0 Å². The van der Waals surface area contributed by atoms with Crippen molar-refractivity contribution in [2.45, 2.75) is 103 Å². The number of phosphoric ester groups is 1. The Labute approximate surface area is 169 Å². The molecule has 0 aliphatic heterocycles. The average molecular weight is 426 g/mol. The number of nitrogens with two attached hydrogens (primary N) is 1. The lowest BCUT2D eigenvalue weighted by atomic mass is 10.0. The van der Waals surface area contributed by atoms with Crippen LogP contribution >= 0.6 is 7.82 Å². The smallest absolute Gasteiger partial charge is 0.463 e. The number of hydrogen-bond donors (Lipinski definition) is 3. The molecule has 0 unspecified atom stereocenters. The zero-order valence-electron chi connectivity index (χ0n) is 17.4. The fourth-order valence-electron chi connectivity index (χ4n) is 2.85. The second kappa shape index (κ2) is 18.5. The Hall–Kier alpha value is -0.500. The van der Waals surface area contributed by atoms with Crippen molar-refractivity contribution in [1.29, 1.82) is 0 Å². The monoisotopic (exact) mass is 425 g/mol. The summed E-state index contributed by atoms with van der Waals surface area (Å²) < 4.78 is 19.9. The summed E-state index contributed by atoms with van der Waals surface area (Å²) in [7, 11) is -4.60. The molecule has 0 aromatic carbocycles. The normalized spacial score (nSPS) is 12.9. The molecule has 8 nitrogen and oxygen atoms in total. The first-order valence-electron chi connectivity index (χ1n) is 10.6. The van der Waals surface area contributed by atoms with E-state index in [1.807, 2.05) is 0 Å². The fraction of sp³-hybridized carbons (Fsp3) is 0.947. The number of phosphoric acid groups is 1. The molecule has 9 heteroatoms. The van der Waals surface area contributed by atoms with Gasteiger partial charge < -0.3 is 14.5 Å². The van der Waals surface area contributed by atoms with Gasteiger partial charge in [0.25, 0.3) is 0 Å². The van der Waals surface area contributed by atoms with Crippen molar-refractivity contribution < 1.29 is 33.2 Å². The summed E-state index contributed by atoms with van der Waals surface area (Å²) in [4.78, 5) is 33.3. The van der Waals surface area contributed by atoms with Crippen LogP contribution in [-0.2, 0) is 23.5 Å². The fourth-order valence-corrected chi connectivity index (χ4v) is 3.21. The molecule has 0 bridgehead atoms. The first-order chi connectivity index (χ1) is 13.4. The minimum Gasteiger partial charge on any atom is -0.463 e. The Kier molecular flexibility index (Phi) is 18.2. The van der Waals surface area contributed by atoms with Gasteiger partial charge in [0.1, 0.15) is 12.7 Å². The van der Waals surface area contributed by atoms with E-state index in [0.29, 0.717) is 6.42 Å². The summed E-state index contributed by atoms with van der Waals surface area (Å²) in [6.45, 7) is 1.59. The number of esters is 1. The Balaban J connectivity index is 3.44. The third kappa shape index (κ3) is 20.2. The topological polar surface area (TPSA) is 128 Å². The van der Waals surface area contributed by atoms with Crippen LogP contribution in [0.4, 0.5) is 0 Å². The maximum atomic E-state index is 11.7. The van der Waals surface area contributed by atoms with E-state index >= 15 is 0 Å². The maximum Gasteiger partial charge on any atom is 0.469 e. The highest BCUT2D eigenvalue weighted by atomic mass is 31.2. The summed E-state index contributed by atoms with van der Waals surface area (Å²) in [5, 5.41) is 0. The van der Waals surface area contributed by atoms with Gasteiger partial charge in [-0.25, -0.2) is 10.5 Å². The van der Waals surface area contributed by atoms with Gasteiger partial charge in [0.05, 0.1) is 6.61 Å². The van der Waals surface area contributed by atoms with E-state index in [1.165, 1.54) is 64.2 Å². The Morgan fingerprint density at radius 3 is 1.75 bits per heavy atom. The van der Waals surface area contributed by atoms with Crippen LogP contribution in [0.2, 0.25) is 0 Å². The van der Waals surface area contributed by atoms with Gasteiger partial charge in [-0.05, 0) is 6.42 Å². The highest BCUT2D eigenvalue weighted by Crippen LogP contribution is 2.35. The quantitative estimate of drug-likeness (QED) is 0.113. The molecule has 168 valence electrons. The van der Waals surface area contributed by atoms with Crippen molar-refractivity contribution >= 4 is 13.8 Å². The molecule has 0 aromatic rings. The largest absolute Gasteiger partial charge is 0.469 e. The van der Waals surface area contributed by atoms with Crippen molar-refractivity contribution in [1.82, 2.24) is 0 Å². The van der Waals surface area contributed by atoms with E-state index in [-0.39, 0.29) is 12.6 Å². The van der Waals surface area contributed by atoms with Crippen LogP contribution in [0.5, 0.6) is 0 Å². The van der Waals surface area contributed by atoms with Crippen LogP contribution < -0.4 is 5.90 Å². The molecular formula is C19H40NO7P. The van der Waals surface area contributed by atoms with Gasteiger partial charge >= 0.3 is 13.8 Å². The first kappa shape index (κ1) is 27.5. The van der Waals surface area contributed by atoms with Crippen LogP contribution in [0.3, 0.4) is 0 Å². The second-order valence-corrected chi connectivity index (χ2v) is 8.46. The number of unbranched alkanes of at least 4 members (excludes halogenated alkanes) is 12. The second-order valence-electron chi connectivity index (χ2n) is 7.22. The van der Waals surface area contributed by atoms with Crippen molar-refractivity contribution in [2.75, 3.05) is 13.2 Å². The lowest BCUT2D eigenvalue weighted by Crippen LogP contribution is -2.29. The maximum absolute atomic E-state index is 11.7. The van der Waals surface area contributed by atoms with Crippen molar-refractivity contribution in [3.63, 3.8) is 0 Å².